The largest absolute Gasteiger partial charge is 0.493 e. The third-order valence-corrected chi connectivity index (χ3v) is 4.84. The van der Waals surface area contributed by atoms with Crippen LogP contribution in [0.5, 0.6) is 11.5 Å². The average Bonchev–Trinajstić information content (AvgIpc) is 2.79. The summed E-state index contributed by atoms with van der Waals surface area (Å²) in [5, 5.41) is 2.92. The molecule has 3 aromatic rings. The van der Waals surface area contributed by atoms with Gasteiger partial charge in [-0.1, -0.05) is 42.0 Å². The highest BCUT2D eigenvalue weighted by Gasteiger charge is 2.13. The Morgan fingerprint density at radius 1 is 1.00 bits per heavy atom. The fraction of sp³-hybridized carbons (Fsp3) is 0.200. The van der Waals surface area contributed by atoms with Gasteiger partial charge >= 0.3 is 0 Å². The zero-order valence-corrected chi connectivity index (χ0v) is 17.9. The fourth-order valence-electron chi connectivity index (χ4n) is 3.14. The third-order valence-electron chi connectivity index (χ3n) is 4.84. The van der Waals surface area contributed by atoms with Crippen LogP contribution in [0.15, 0.2) is 71.7 Å². The predicted molar refractivity (Wildman–Crippen MR) is 122 cm³/mol. The highest BCUT2D eigenvalue weighted by atomic mass is 16.5. The van der Waals surface area contributed by atoms with Crippen molar-refractivity contribution in [2.45, 2.75) is 13.3 Å². The Morgan fingerprint density at radius 2 is 1.74 bits per heavy atom. The molecule has 0 saturated heterocycles. The molecule has 1 amide bonds. The zero-order valence-electron chi connectivity index (χ0n) is 17.9. The summed E-state index contributed by atoms with van der Waals surface area (Å²) in [6, 6.07) is 18.2. The molecule has 160 valence electrons. The van der Waals surface area contributed by atoms with Crippen LogP contribution in [0.25, 0.3) is 11.8 Å². The normalized spacial score (nSPS) is 11.1. The van der Waals surface area contributed by atoms with E-state index in [9.17, 15) is 9.59 Å². The summed E-state index contributed by atoms with van der Waals surface area (Å²) in [6.07, 6.45) is 3.91. The van der Waals surface area contributed by atoms with Crippen molar-refractivity contribution in [2.75, 3.05) is 20.8 Å². The Balaban J connectivity index is 1.78. The summed E-state index contributed by atoms with van der Waals surface area (Å²) in [7, 11) is 3.17. The van der Waals surface area contributed by atoms with Crippen molar-refractivity contribution in [1.29, 1.82) is 0 Å². The van der Waals surface area contributed by atoms with E-state index in [0.717, 1.165) is 16.7 Å². The number of carbonyl (C=O) groups excluding carboxylic acids is 1. The molecule has 3 rings (SSSR count). The number of pyridine rings is 1. The molecular formula is C25H26N2O4. The van der Waals surface area contributed by atoms with Crippen LogP contribution in [0.3, 0.4) is 0 Å². The Bertz CT molecular complexity index is 1130. The summed E-state index contributed by atoms with van der Waals surface area (Å²) in [6.45, 7) is 2.40. The minimum atomic E-state index is -0.325. The second-order valence-electron chi connectivity index (χ2n) is 7.04. The van der Waals surface area contributed by atoms with E-state index >= 15 is 0 Å². The number of benzene rings is 2. The topological polar surface area (TPSA) is 69.6 Å². The molecule has 1 N–H and O–H groups in total. The van der Waals surface area contributed by atoms with Gasteiger partial charge in [0.15, 0.2) is 11.5 Å². The first-order chi connectivity index (χ1) is 15.0. The lowest BCUT2D eigenvalue weighted by Gasteiger charge is -2.13. The highest BCUT2D eigenvalue weighted by Crippen LogP contribution is 2.27. The number of aromatic nitrogens is 1. The number of aryl methyl sites for hydroxylation is 1. The van der Waals surface area contributed by atoms with Gasteiger partial charge in [0.05, 0.1) is 14.2 Å². The van der Waals surface area contributed by atoms with Crippen LogP contribution >= 0.6 is 0 Å². The van der Waals surface area contributed by atoms with Crippen LogP contribution in [-0.2, 0) is 11.2 Å². The number of hydrogen-bond acceptors (Lipinski definition) is 4. The molecule has 0 aliphatic heterocycles. The van der Waals surface area contributed by atoms with E-state index in [0.29, 0.717) is 24.5 Å². The quantitative estimate of drug-likeness (QED) is 0.568. The number of ether oxygens (including phenoxy) is 2. The first-order valence-corrected chi connectivity index (χ1v) is 9.97. The Hall–Kier alpha value is -3.80. The van der Waals surface area contributed by atoms with E-state index in [2.05, 4.69) is 5.32 Å². The molecule has 31 heavy (non-hydrogen) atoms. The smallest absolute Gasteiger partial charge is 0.268 e. The Kier molecular flexibility index (Phi) is 7.27. The van der Waals surface area contributed by atoms with Gasteiger partial charge in [-0.05, 0) is 48.7 Å². The Morgan fingerprint density at radius 3 is 2.42 bits per heavy atom. The average molecular weight is 418 g/mol. The van der Waals surface area contributed by atoms with E-state index in [-0.39, 0.29) is 17.2 Å². The van der Waals surface area contributed by atoms with Gasteiger partial charge in [0.2, 0.25) is 0 Å². The molecular weight excluding hydrogens is 392 g/mol. The predicted octanol–water partition coefficient (Wildman–Crippen LogP) is 3.53. The number of carbonyl (C=O) groups is 1. The Labute approximate surface area is 181 Å². The lowest BCUT2D eigenvalue weighted by atomic mass is 10.1. The molecule has 0 spiro atoms. The number of nitrogens with one attached hydrogen (secondary N) is 1. The van der Waals surface area contributed by atoms with E-state index in [1.807, 2.05) is 49.4 Å². The van der Waals surface area contributed by atoms with Crippen molar-refractivity contribution in [3.8, 4) is 11.5 Å². The number of amides is 1. The fourth-order valence-corrected chi connectivity index (χ4v) is 3.14. The number of rotatable bonds is 8. The SMILES string of the molecule is COc1ccc(CCNC(=O)C(=Cc2ccc(C)cc2)n2ccccc2=O)cc1OC. The molecule has 1 heterocycles. The van der Waals surface area contributed by atoms with Gasteiger partial charge in [-0.25, -0.2) is 0 Å². The van der Waals surface area contributed by atoms with E-state index in [1.165, 1.54) is 10.6 Å². The maximum Gasteiger partial charge on any atom is 0.268 e. The highest BCUT2D eigenvalue weighted by molar-refractivity contribution is 6.18. The maximum atomic E-state index is 13.0. The molecule has 0 unspecified atom stereocenters. The maximum absolute atomic E-state index is 13.0. The van der Waals surface area contributed by atoms with Crippen LogP contribution in [0.1, 0.15) is 16.7 Å². The molecule has 0 fully saturated rings. The molecule has 6 heteroatoms. The number of nitrogens with zero attached hydrogens (tertiary/aromatic N) is 1. The van der Waals surface area contributed by atoms with Gasteiger partial charge in [0, 0.05) is 18.8 Å². The first-order valence-electron chi connectivity index (χ1n) is 9.97. The molecule has 1 aromatic heterocycles. The van der Waals surface area contributed by atoms with Crippen molar-refractivity contribution >= 4 is 17.7 Å². The lowest BCUT2D eigenvalue weighted by molar-refractivity contribution is -0.115. The van der Waals surface area contributed by atoms with E-state index in [4.69, 9.17) is 9.47 Å². The van der Waals surface area contributed by atoms with Crippen LogP contribution < -0.4 is 20.3 Å². The summed E-state index contributed by atoms with van der Waals surface area (Å²) in [5.41, 5.74) is 2.96. The summed E-state index contributed by atoms with van der Waals surface area (Å²) < 4.78 is 11.9. The van der Waals surface area contributed by atoms with Crippen molar-refractivity contribution < 1.29 is 14.3 Å². The van der Waals surface area contributed by atoms with E-state index in [1.54, 1.807) is 38.6 Å². The van der Waals surface area contributed by atoms with Crippen LogP contribution in [0.4, 0.5) is 0 Å². The van der Waals surface area contributed by atoms with Gasteiger partial charge in [0.25, 0.3) is 11.5 Å². The summed E-state index contributed by atoms with van der Waals surface area (Å²) in [5.74, 6) is 0.971. The van der Waals surface area contributed by atoms with Crippen LogP contribution in [0, 0.1) is 6.92 Å². The van der Waals surface area contributed by atoms with Gasteiger partial charge in [-0.2, -0.15) is 0 Å². The standard InChI is InChI=1S/C25H26N2O4/c1-18-7-9-19(10-8-18)16-21(27-15-5-4-6-24(27)28)25(29)26-14-13-20-11-12-22(30-2)23(17-20)31-3/h4-12,15-17H,13-14H2,1-3H3,(H,26,29). The zero-order chi connectivity index (χ0) is 22.2. The second kappa shape index (κ2) is 10.3. The van der Waals surface area contributed by atoms with Gasteiger partial charge in [-0.15, -0.1) is 0 Å². The summed E-state index contributed by atoms with van der Waals surface area (Å²) >= 11 is 0. The van der Waals surface area contributed by atoms with Gasteiger partial charge < -0.3 is 14.8 Å². The molecule has 0 atom stereocenters. The first kappa shape index (κ1) is 21.9. The molecule has 0 saturated carbocycles. The number of methoxy groups -OCH3 is 2. The molecule has 0 aliphatic rings. The molecule has 0 radical (unpaired) electrons. The van der Waals surface area contributed by atoms with Gasteiger partial charge in [-0.3, -0.25) is 14.2 Å². The molecule has 6 nitrogen and oxygen atoms in total. The second-order valence-corrected chi connectivity index (χ2v) is 7.04. The monoisotopic (exact) mass is 418 g/mol. The lowest BCUT2D eigenvalue weighted by Crippen LogP contribution is -2.32. The third kappa shape index (κ3) is 5.63. The van der Waals surface area contributed by atoms with E-state index < -0.39 is 0 Å². The minimum Gasteiger partial charge on any atom is -0.493 e. The van der Waals surface area contributed by atoms with Crippen molar-refractivity contribution in [1.82, 2.24) is 9.88 Å². The van der Waals surface area contributed by atoms with Crippen molar-refractivity contribution in [3.05, 3.63) is 93.9 Å². The van der Waals surface area contributed by atoms with Crippen molar-refractivity contribution in [2.24, 2.45) is 0 Å². The summed E-state index contributed by atoms with van der Waals surface area (Å²) in [4.78, 5) is 25.3. The van der Waals surface area contributed by atoms with Gasteiger partial charge in [0.1, 0.15) is 5.70 Å². The molecule has 0 aliphatic carbocycles. The molecule has 0 bridgehead atoms. The van der Waals surface area contributed by atoms with Crippen LogP contribution in [-0.4, -0.2) is 31.2 Å². The minimum absolute atomic E-state index is 0.266. The number of hydrogen-bond donors (Lipinski definition) is 1. The van der Waals surface area contributed by atoms with Crippen LogP contribution in [0.2, 0.25) is 0 Å². The van der Waals surface area contributed by atoms with Crippen molar-refractivity contribution in [3.63, 3.8) is 0 Å². The molecule has 2 aromatic carbocycles.